The molecule has 0 radical (unpaired) electrons. The van der Waals surface area contributed by atoms with Gasteiger partial charge in [-0.1, -0.05) is 5.16 Å². The highest BCUT2D eigenvalue weighted by molar-refractivity contribution is 5.66. The third-order valence-corrected chi connectivity index (χ3v) is 2.77. The molecule has 1 unspecified atom stereocenters. The lowest BCUT2D eigenvalue weighted by atomic mass is 9.90. The number of aromatic nitrogens is 2. The van der Waals surface area contributed by atoms with Gasteiger partial charge in [0.05, 0.1) is 18.4 Å². The minimum atomic E-state index is -0.859. The molecular formula is C10H14N2O4. The largest absolute Gasteiger partial charge is 0.481 e. The Kier molecular flexibility index (Phi) is 2.91. The highest BCUT2D eigenvalue weighted by atomic mass is 16.5. The molecule has 0 amide bonds. The summed E-state index contributed by atoms with van der Waals surface area (Å²) in [5, 5.41) is 12.3. The molecule has 1 saturated heterocycles. The van der Waals surface area contributed by atoms with Crippen molar-refractivity contribution in [3.05, 3.63) is 11.7 Å². The minimum absolute atomic E-state index is 0.0200. The molecule has 6 nitrogen and oxygen atoms in total. The monoisotopic (exact) mass is 226 g/mol. The number of rotatable bonds is 4. The van der Waals surface area contributed by atoms with Crippen molar-refractivity contribution in [1.29, 1.82) is 0 Å². The Hall–Kier alpha value is -1.43. The molecule has 0 bridgehead atoms. The molecule has 2 heterocycles. The molecule has 0 aliphatic carbocycles. The second kappa shape index (κ2) is 4.21. The normalized spacial score (nSPS) is 24.8. The molecule has 88 valence electrons. The maximum atomic E-state index is 10.4. The van der Waals surface area contributed by atoms with E-state index >= 15 is 0 Å². The van der Waals surface area contributed by atoms with Crippen molar-refractivity contribution in [3.8, 4) is 0 Å². The standard InChI is InChI=1S/C10H14N2O4/c1-10(4-5-15-6-10)9-11-7(12-16-9)2-3-8(13)14/h2-6H2,1H3,(H,13,14). The molecule has 1 aliphatic rings. The van der Waals surface area contributed by atoms with Crippen LogP contribution < -0.4 is 0 Å². The smallest absolute Gasteiger partial charge is 0.303 e. The van der Waals surface area contributed by atoms with E-state index in [9.17, 15) is 4.79 Å². The van der Waals surface area contributed by atoms with Gasteiger partial charge in [0.25, 0.3) is 0 Å². The average Bonchev–Trinajstić information content (AvgIpc) is 2.84. The molecule has 6 heteroatoms. The third kappa shape index (κ3) is 2.21. The number of hydrogen-bond acceptors (Lipinski definition) is 5. The number of hydrogen-bond donors (Lipinski definition) is 1. The summed E-state index contributed by atoms with van der Waals surface area (Å²) in [4.78, 5) is 14.6. The fourth-order valence-electron chi connectivity index (χ4n) is 1.66. The van der Waals surface area contributed by atoms with E-state index in [1.807, 2.05) is 6.92 Å². The van der Waals surface area contributed by atoms with Crippen LogP contribution >= 0.6 is 0 Å². The molecule has 0 spiro atoms. The van der Waals surface area contributed by atoms with E-state index in [0.29, 0.717) is 31.3 Å². The maximum Gasteiger partial charge on any atom is 0.303 e. The molecule has 1 fully saturated rings. The van der Waals surface area contributed by atoms with Crippen LogP contribution in [0.3, 0.4) is 0 Å². The quantitative estimate of drug-likeness (QED) is 0.815. The predicted molar refractivity (Wildman–Crippen MR) is 53.0 cm³/mol. The van der Waals surface area contributed by atoms with Gasteiger partial charge in [0.15, 0.2) is 5.82 Å². The number of carboxylic acid groups (broad SMARTS) is 1. The molecule has 0 aromatic carbocycles. The van der Waals surface area contributed by atoms with Crippen molar-refractivity contribution < 1.29 is 19.2 Å². The van der Waals surface area contributed by atoms with Crippen LogP contribution in [0, 0.1) is 0 Å². The minimum Gasteiger partial charge on any atom is -0.481 e. The van der Waals surface area contributed by atoms with Crippen LogP contribution in [0.1, 0.15) is 31.5 Å². The molecule has 16 heavy (non-hydrogen) atoms. The van der Waals surface area contributed by atoms with Gasteiger partial charge in [-0.3, -0.25) is 4.79 Å². The van der Waals surface area contributed by atoms with Gasteiger partial charge in [0.1, 0.15) is 0 Å². The molecule has 2 rings (SSSR count). The van der Waals surface area contributed by atoms with Crippen LogP contribution in [-0.2, 0) is 21.4 Å². The number of aryl methyl sites for hydroxylation is 1. The van der Waals surface area contributed by atoms with Crippen LogP contribution in [-0.4, -0.2) is 34.4 Å². The van der Waals surface area contributed by atoms with Crippen LogP contribution in [0.5, 0.6) is 0 Å². The zero-order valence-corrected chi connectivity index (χ0v) is 9.10. The number of nitrogens with zero attached hydrogens (tertiary/aromatic N) is 2. The van der Waals surface area contributed by atoms with Gasteiger partial charge in [-0.15, -0.1) is 0 Å². The topological polar surface area (TPSA) is 85.5 Å². The van der Waals surface area contributed by atoms with Gasteiger partial charge >= 0.3 is 5.97 Å². The summed E-state index contributed by atoms with van der Waals surface area (Å²) in [5.74, 6) is 0.137. The summed E-state index contributed by atoms with van der Waals surface area (Å²) in [7, 11) is 0. The van der Waals surface area contributed by atoms with Crippen LogP contribution in [0.15, 0.2) is 4.52 Å². The Morgan fingerprint density at radius 2 is 2.44 bits per heavy atom. The highest BCUT2D eigenvalue weighted by Crippen LogP contribution is 2.31. The third-order valence-electron chi connectivity index (χ3n) is 2.77. The van der Waals surface area contributed by atoms with E-state index in [0.717, 1.165) is 6.42 Å². The van der Waals surface area contributed by atoms with Gasteiger partial charge in [-0.05, 0) is 13.3 Å². The molecule has 1 aromatic heterocycles. The first-order valence-corrected chi connectivity index (χ1v) is 5.23. The first-order valence-electron chi connectivity index (χ1n) is 5.23. The second-order valence-electron chi connectivity index (χ2n) is 4.27. The molecule has 1 N–H and O–H groups in total. The van der Waals surface area contributed by atoms with Gasteiger partial charge in [-0.25, -0.2) is 0 Å². The summed E-state index contributed by atoms with van der Waals surface area (Å²) >= 11 is 0. The van der Waals surface area contributed by atoms with Crippen molar-refractivity contribution in [1.82, 2.24) is 10.1 Å². The molecule has 1 atom stereocenters. The van der Waals surface area contributed by atoms with Crippen molar-refractivity contribution in [2.45, 2.75) is 31.6 Å². The first kappa shape index (κ1) is 11.1. The van der Waals surface area contributed by atoms with E-state index in [-0.39, 0.29) is 11.8 Å². The summed E-state index contributed by atoms with van der Waals surface area (Å²) in [6.45, 7) is 3.28. The van der Waals surface area contributed by atoms with E-state index in [1.165, 1.54) is 0 Å². The summed E-state index contributed by atoms with van der Waals surface area (Å²) in [6.07, 6.45) is 1.18. The van der Waals surface area contributed by atoms with Gasteiger partial charge < -0.3 is 14.4 Å². The van der Waals surface area contributed by atoms with Gasteiger partial charge in [0.2, 0.25) is 5.89 Å². The lowest BCUT2D eigenvalue weighted by molar-refractivity contribution is -0.137. The Morgan fingerprint density at radius 1 is 1.62 bits per heavy atom. The molecule has 1 aromatic rings. The Balaban J connectivity index is 2.04. The average molecular weight is 226 g/mol. The summed E-state index contributed by atoms with van der Waals surface area (Å²) < 4.78 is 10.4. The van der Waals surface area contributed by atoms with Crippen LogP contribution in [0.25, 0.3) is 0 Å². The van der Waals surface area contributed by atoms with Crippen molar-refractivity contribution in [3.63, 3.8) is 0 Å². The lowest BCUT2D eigenvalue weighted by Gasteiger charge is -2.14. The number of carboxylic acids is 1. The molecule has 1 aliphatic heterocycles. The van der Waals surface area contributed by atoms with E-state index in [4.69, 9.17) is 14.4 Å². The van der Waals surface area contributed by atoms with Crippen molar-refractivity contribution in [2.24, 2.45) is 0 Å². The zero-order chi connectivity index (χ0) is 11.6. The number of carbonyl (C=O) groups is 1. The predicted octanol–water partition coefficient (Wildman–Crippen LogP) is 0.765. The summed E-state index contributed by atoms with van der Waals surface area (Å²) in [5.41, 5.74) is -0.214. The Bertz CT molecular complexity index is 382. The lowest BCUT2D eigenvalue weighted by Crippen LogP contribution is -2.22. The Labute approximate surface area is 92.6 Å². The number of ether oxygens (including phenoxy) is 1. The van der Waals surface area contributed by atoms with Gasteiger partial charge in [-0.2, -0.15) is 4.98 Å². The Morgan fingerprint density at radius 3 is 3.06 bits per heavy atom. The van der Waals surface area contributed by atoms with Crippen molar-refractivity contribution >= 4 is 5.97 Å². The zero-order valence-electron chi connectivity index (χ0n) is 9.10. The van der Waals surface area contributed by atoms with Gasteiger partial charge in [0, 0.05) is 13.0 Å². The first-order chi connectivity index (χ1) is 7.60. The van der Waals surface area contributed by atoms with Crippen LogP contribution in [0.2, 0.25) is 0 Å². The van der Waals surface area contributed by atoms with E-state index in [2.05, 4.69) is 10.1 Å². The highest BCUT2D eigenvalue weighted by Gasteiger charge is 2.37. The van der Waals surface area contributed by atoms with E-state index in [1.54, 1.807) is 0 Å². The SMILES string of the molecule is CC1(c2nc(CCC(=O)O)no2)CCOC1. The summed E-state index contributed by atoms with van der Waals surface area (Å²) in [6, 6.07) is 0. The van der Waals surface area contributed by atoms with Crippen molar-refractivity contribution in [2.75, 3.05) is 13.2 Å². The fourth-order valence-corrected chi connectivity index (χ4v) is 1.66. The van der Waals surface area contributed by atoms with E-state index < -0.39 is 5.97 Å². The maximum absolute atomic E-state index is 10.4. The molecule has 0 saturated carbocycles. The molecular weight excluding hydrogens is 212 g/mol. The number of aliphatic carboxylic acids is 1. The second-order valence-corrected chi connectivity index (χ2v) is 4.27. The fraction of sp³-hybridized carbons (Fsp3) is 0.700. The van der Waals surface area contributed by atoms with Crippen LogP contribution in [0.4, 0.5) is 0 Å².